The van der Waals surface area contributed by atoms with Gasteiger partial charge in [0, 0.05) is 56.7 Å². The fourth-order valence-corrected chi connectivity index (χ4v) is 7.08. The summed E-state index contributed by atoms with van der Waals surface area (Å²) in [6.07, 6.45) is -0.364. The number of sulfonamides is 1. The summed E-state index contributed by atoms with van der Waals surface area (Å²) in [4.78, 5) is 4.16. The molecule has 1 aromatic heterocycles. The van der Waals surface area contributed by atoms with Crippen LogP contribution in [-0.4, -0.2) is 56.9 Å². The molecule has 31 heavy (non-hydrogen) atoms. The van der Waals surface area contributed by atoms with E-state index in [1.165, 1.54) is 16.4 Å². The highest BCUT2D eigenvalue weighted by molar-refractivity contribution is 7.91. The highest BCUT2D eigenvalue weighted by Gasteiger charge is 2.32. The molecule has 11 heteroatoms. The van der Waals surface area contributed by atoms with Gasteiger partial charge in [0.1, 0.15) is 4.21 Å². The van der Waals surface area contributed by atoms with Gasteiger partial charge in [0.2, 0.25) is 0 Å². The Morgan fingerprint density at radius 1 is 1.06 bits per heavy atom. The third-order valence-electron chi connectivity index (χ3n) is 5.42. The maximum atomic E-state index is 12.9. The third-order valence-corrected chi connectivity index (χ3v) is 9.00. The Morgan fingerprint density at radius 2 is 1.81 bits per heavy atom. The zero-order valence-corrected chi connectivity index (χ0v) is 18.9. The zero-order chi connectivity index (χ0) is 22.2. The molecule has 0 N–H and O–H groups in total. The molecule has 0 radical (unpaired) electrons. The van der Waals surface area contributed by atoms with Crippen LogP contribution < -0.4 is 4.90 Å². The second-order valence-corrected chi connectivity index (χ2v) is 11.2. The van der Waals surface area contributed by atoms with Gasteiger partial charge in [0.15, 0.2) is 0 Å². The second kappa shape index (κ2) is 8.65. The molecule has 0 atom stereocenters. The van der Waals surface area contributed by atoms with E-state index in [4.69, 9.17) is 11.6 Å². The normalized spacial score (nSPS) is 19.0. The van der Waals surface area contributed by atoms with Crippen molar-refractivity contribution in [2.45, 2.75) is 16.8 Å². The maximum absolute atomic E-state index is 12.9. The van der Waals surface area contributed by atoms with E-state index < -0.39 is 21.8 Å². The maximum Gasteiger partial charge on any atom is 0.416 e. The fraction of sp³-hybridized carbons (Fsp3) is 0.400. The van der Waals surface area contributed by atoms with Crippen LogP contribution in [0.25, 0.3) is 6.08 Å². The van der Waals surface area contributed by atoms with E-state index in [-0.39, 0.29) is 4.21 Å². The summed E-state index contributed by atoms with van der Waals surface area (Å²) >= 11 is 7.02. The summed E-state index contributed by atoms with van der Waals surface area (Å²) < 4.78 is 66.3. The summed E-state index contributed by atoms with van der Waals surface area (Å²) in [6.45, 7) is 3.75. The molecule has 0 unspecified atom stereocenters. The predicted molar refractivity (Wildman–Crippen MR) is 117 cm³/mol. The average molecular weight is 492 g/mol. The molecular weight excluding hydrogens is 471 g/mol. The molecule has 2 aromatic rings. The van der Waals surface area contributed by atoms with Gasteiger partial charge in [-0.15, -0.1) is 11.3 Å². The third kappa shape index (κ3) is 4.87. The molecular formula is C20H21ClF3N3O2S2. The van der Waals surface area contributed by atoms with Crippen molar-refractivity contribution in [3.05, 3.63) is 52.0 Å². The average Bonchev–Trinajstić information content (AvgIpc) is 3.12. The topological polar surface area (TPSA) is 43.9 Å². The van der Waals surface area contributed by atoms with E-state index in [1.807, 2.05) is 4.90 Å². The molecule has 2 aliphatic rings. The number of halogens is 4. The molecule has 0 aliphatic carbocycles. The molecule has 4 rings (SSSR count). The Balaban J connectivity index is 1.28. The number of hydrogen-bond donors (Lipinski definition) is 0. The molecule has 0 saturated carbocycles. The van der Waals surface area contributed by atoms with Gasteiger partial charge in [-0.1, -0.05) is 17.7 Å². The van der Waals surface area contributed by atoms with Crippen molar-refractivity contribution in [1.29, 1.82) is 0 Å². The standard InChI is InChI=1S/C20H21ClF3N3O2S2/c21-18-13-15-5-8-27(31(28,29)19(15)30-18)7-2-6-25-9-11-26(12-10-25)17-4-1-3-16(14-17)20(22,23)24/h1,3-5,8,13-14H,2,6-7,9-12H2. The number of anilines is 1. The van der Waals surface area contributed by atoms with Crippen LogP contribution in [0, 0.1) is 0 Å². The summed E-state index contributed by atoms with van der Waals surface area (Å²) in [7, 11) is -3.56. The number of hydrogen-bond acceptors (Lipinski definition) is 5. The number of thiophene rings is 1. The molecule has 1 saturated heterocycles. The first-order chi connectivity index (χ1) is 14.6. The number of piperazine rings is 1. The Kier molecular flexibility index (Phi) is 6.26. The van der Waals surface area contributed by atoms with Crippen LogP contribution in [0.4, 0.5) is 18.9 Å². The Morgan fingerprint density at radius 3 is 2.52 bits per heavy atom. The van der Waals surface area contributed by atoms with Crippen molar-refractivity contribution in [2.75, 3.05) is 44.2 Å². The van der Waals surface area contributed by atoms with Crippen LogP contribution in [0.2, 0.25) is 4.34 Å². The Bertz CT molecular complexity index is 1080. The largest absolute Gasteiger partial charge is 0.416 e. The predicted octanol–water partition coefficient (Wildman–Crippen LogP) is 4.61. The van der Waals surface area contributed by atoms with E-state index in [0.29, 0.717) is 61.3 Å². The molecule has 0 amide bonds. The number of nitrogens with zero attached hydrogens (tertiary/aromatic N) is 3. The number of rotatable bonds is 5. The summed E-state index contributed by atoms with van der Waals surface area (Å²) in [6, 6.07) is 7.05. The van der Waals surface area contributed by atoms with Crippen molar-refractivity contribution < 1.29 is 21.6 Å². The molecule has 0 bridgehead atoms. The van der Waals surface area contributed by atoms with Crippen molar-refractivity contribution in [3.63, 3.8) is 0 Å². The van der Waals surface area contributed by atoms with Crippen LogP contribution >= 0.6 is 22.9 Å². The second-order valence-electron chi connectivity index (χ2n) is 7.46. The van der Waals surface area contributed by atoms with E-state index in [0.717, 1.165) is 17.4 Å². The van der Waals surface area contributed by atoms with E-state index in [2.05, 4.69) is 4.90 Å². The van der Waals surface area contributed by atoms with Gasteiger partial charge in [-0.05, 0) is 36.8 Å². The first-order valence-electron chi connectivity index (χ1n) is 9.78. The van der Waals surface area contributed by atoms with Crippen molar-refractivity contribution in [2.24, 2.45) is 0 Å². The van der Waals surface area contributed by atoms with Gasteiger partial charge in [0.05, 0.1) is 9.90 Å². The monoisotopic (exact) mass is 491 g/mol. The first-order valence-corrected chi connectivity index (χ1v) is 12.4. The summed E-state index contributed by atoms with van der Waals surface area (Å²) in [5, 5.41) is 0. The van der Waals surface area contributed by atoms with Crippen molar-refractivity contribution in [1.82, 2.24) is 9.21 Å². The van der Waals surface area contributed by atoms with Gasteiger partial charge >= 0.3 is 6.18 Å². The van der Waals surface area contributed by atoms with E-state index in [1.54, 1.807) is 24.4 Å². The van der Waals surface area contributed by atoms with Gasteiger partial charge in [-0.3, -0.25) is 9.21 Å². The van der Waals surface area contributed by atoms with E-state index in [9.17, 15) is 21.6 Å². The molecule has 1 fully saturated rings. The van der Waals surface area contributed by atoms with Crippen LogP contribution in [0.15, 0.2) is 40.7 Å². The molecule has 3 heterocycles. The Hall–Kier alpha value is -1.75. The quantitative estimate of drug-likeness (QED) is 0.613. The van der Waals surface area contributed by atoms with Crippen molar-refractivity contribution >= 4 is 44.7 Å². The molecule has 1 aromatic carbocycles. The lowest BCUT2D eigenvalue weighted by Gasteiger charge is -2.36. The van der Waals surface area contributed by atoms with Crippen LogP contribution in [0.5, 0.6) is 0 Å². The first kappa shape index (κ1) is 22.4. The molecule has 168 valence electrons. The minimum Gasteiger partial charge on any atom is -0.369 e. The van der Waals surface area contributed by atoms with Gasteiger partial charge in [-0.25, -0.2) is 8.42 Å². The van der Waals surface area contributed by atoms with Crippen LogP contribution in [0.1, 0.15) is 17.5 Å². The number of alkyl halides is 3. The smallest absolute Gasteiger partial charge is 0.369 e. The minimum atomic E-state index is -4.35. The van der Waals surface area contributed by atoms with Gasteiger partial charge < -0.3 is 4.90 Å². The summed E-state index contributed by atoms with van der Waals surface area (Å²) in [5.74, 6) is 0. The lowest BCUT2D eigenvalue weighted by atomic mass is 10.1. The fourth-order valence-electron chi connectivity index (χ4n) is 3.78. The summed E-state index contributed by atoms with van der Waals surface area (Å²) in [5.41, 5.74) is 0.555. The number of benzene rings is 1. The van der Waals surface area contributed by atoms with Crippen LogP contribution in [0.3, 0.4) is 0 Å². The van der Waals surface area contributed by atoms with Gasteiger partial charge in [-0.2, -0.15) is 13.2 Å². The highest BCUT2D eigenvalue weighted by atomic mass is 35.5. The molecule has 2 aliphatic heterocycles. The lowest BCUT2D eigenvalue weighted by molar-refractivity contribution is -0.137. The SMILES string of the molecule is O=S1(=O)c2sc(Cl)cc2C=CN1CCCN1CCN(c2cccc(C(F)(F)F)c2)CC1. The van der Waals surface area contributed by atoms with Crippen LogP contribution in [-0.2, 0) is 16.2 Å². The minimum absolute atomic E-state index is 0.273. The number of fused-ring (bicyclic) bond motifs is 1. The highest BCUT2D eigenvalue weighted by Crippen LogP contribution is 2.36. The van der Waals surface area contributed by atoms with E-state index >= 15 is 0 Å². The zero-order valence-electron chi connectivity index (χ0n) is 16.5. The molecule has 0 spiro atoms. The van der Waals surface area contributed by atoms with Crippen molar-refractivity contribution in [3.8, 4) is 0 Å². The van der Waals surface area contributed by atoms with Gasteiger partial charge in [0.25, 0.3) is 10.0 Å². The molecule has 5 nitrogen and oxygen atoms in total. The lowest BCUT2D eigenvalue weighted by Crippen LogP contribution is -2.47. The Labute approximate surface area is 188 Å².